The summed E-state index contributed by atoms with van der Waals surface area (Å²) in [5.41, 5.74) is 0.132. The molecule has 0 atom stereocenters. The Kier molecular flexibility index (Phi) is 5.13. The second-order valence-corrected chi connectivity index (χ2v) is 7.18. The normalized spacial score (nSPS) is 11.2. The minimum Gasteiger partial charge on any atom is -0.350 e. The number of pyridine rings is 1. The Labute approximate surface area is 175 Å². The molecule has 4 rings (SSSR count). The van der Waals surface area contributed by atoms with Crippen molar-refractivity contribution in [3.05, 3.63) is 85.5 Å². The number of halogens is 2. The van der Waals surface area contributed by atoms with Crippen LogP contribution in [0.2, 0.25) is 5.02 Å². The quantitative estimate of drug-likeness (QED) is 0.527. The molecule has 8 nitrogen and oxygen atoms in total. The lowest BCUT2D eigenvalue weighted by atomic mass is 10.2. The van der Waals surface area contributed by atoms with E-state index in [9.17, 15) is 14.0 Å². The summed E-state index contributed by atoms with van der Waals surface area (Å²) in [5, 5.41) is 3.27. The lowest BCUT2D eigenvalue weighted by Gasteiger charge is -2.10. The molecule has 10 heteroatoms. The minimum absolute atomic E-state index is 0.0772. The number of aryl methyl sites for hydroxylation is 2. The van der Waals surface area contributed by atoms with Crippen molar-refractivity contribution in [1.82, 2.24) is 23.7 Å². The van der Waals surface area contributed by atoms with Gasteiger partial charge >= 0.3 is 5.69 Å². The maximum Gasteiger partial charge on any atom is 0.332 e. The van der Waals surface area contributed by atoms with Crippen LogP contribution in [0.1, 0.15) is 11.3 Å². The van der Waals surface area contributed by atoms with E-state index in [0.29, 0.717) is 12.5 Å². The van der Waals surface area contributed by atoms with Gasteiger partial charge in [-0.3, -0.25) is 18.9 Å². The summed E-state index contributed by atoms with van der Waals surface area (Å²) in [7, 11) is 3.18. The first-order chi connectivity index (χ1) is 14.4. The Morgan fingerprint density at radius 3 is 2.60 bits per heavy atom. The van der Waals surface area contributed by atoms with Gasteiger partial charge in [0.1, 0.15) is 5.82 Å². The number of fused-ring (bicyclic) bond motifs is 1. The van der Waals surface area contributed by atoms with Gasteiger partial charge in [-0.05, 0) is 24.3 Å². The zero-order valence-electron chi connectivity index (χ0n) is 16.3. The van der Waals surface area contributed by atoms with Crippen molar-refractivity contribution in [2.45, 2.75) is 13.1 Å². The first-order valence-corrected chi connectivity index (χ1v) is 9.49. The maximum atomic E-state index is 14.2. The van der Waals surface area contributed by atoms with Crippen LogP contribution in [-0.4, -0.2) is 23.7 Å². The van der Waals surface area contributed by atoms with Crippen molar-refractivity contribution in [2.75, 3.05) is 5.32 Å². The first-order valence-electron chi connectivity index (χ1n) is 9.11. The van der Waals surface area contributed by atoms with Crippen LogP contribution in [-0.2, 0) is 27.2 Å². The molecule has 0 saturated heterocycles. The van der Waals surface area contributed by atoms with E-state index in [2.05, 4.69) is 15.3 Å². The molecule has 0 fully saturated rings. The van der Waals surface area contributed by atoms with Gasteiger partial charge in [0.25, 0.3) is 5.56 Å². The Balaban J connectivity index is 1.80. The highest BCUT2D eigenvalue weighted by molar-refractivity contribution is 6.31. The molecule has 154 valence electrons. The number of hydrogen-bond acceptors (Lipinski definition) is 5. The molecular weight excluding hydrogens is 411 g/mol. The SMILES string of the molecule is Cn1c(NCc2ccccn2)nc2c1c(=O)n(Cc1c(F)cccc1Cl)c(=O)n2C. The minimum atomic E-state index is -0.610. The van der Waals surface area contributed by atoms with Gasteiger partial charge in [0.15, 0.2) is 11.2 Å². The summed E-state index contributed by atoms with van der Waals surface area (Å²) in [5.74, 6) is -0.177. The van der Waals surface area contributed by atoms with E-state index >= 15 is 0 Å². The summed E-state index contributed by atoms with van der Waals surface area (Å²) in [6.07, 6.45) is 1.68. The van der Waals surface area contributed by atoms with Crippen molar-refractivity contribution in [1.29, 1.82) is 0 Å². The number of rotatable bonds is 5. The van der Waals surface area contributed by atoms with E-state index in [-0.39, 0.29) is 28.3 Å². The third-order valence-electron chi connectivity index (χ3n) is 4.89. The average molecular weight is 429 g/mol. The van der Waals surface area contributed by atoms with E-state index in [1.165, 1.54) is 29.8 Å². The fourth-order valence-corrected chi connectivity index (χ4v) is 3.48. The lowest BCUT2D eigenvalue weighted by molar-refractivity contribution is 0.582. The highest BCUT2D eigenvalue weighted by atomic mass is 35.5. The van der Waals surface area contributed by atoms with E-state index in [1.54, 1.807) is 17.8 Å². The second-order valence-electron chi connectivity index (χ2n) is 6.77. The maximum absolute atomic E-state index is 14.2. The molecule has 30 heavy (non-hydrogen) atoms. The molecule has 0 radical (unpaired) electrons. The van der Waals surface area contributed by atoms with E-state index in [0.717, 1.165) is 10.3 Å². The van der Waals surface area contributed by atoms with Crippen LogP contribution in [0.25, 0.3) is 11.2 Å². The van der Waals surface area contributed by atoms with Crippen LogP contribution in [0.4, 0.5) is 10.3 Å². The molecule has 0 spiro atoms. The van der Waals surface area contributed by atoms with Crippen LogP contribution in [0.15, 0.2) is 52.2 Å². The Hall–Kier alpha value is -3.46. The standard InChI is InChI=1S/C20H18ClFN6O2/c1-26-16-17(25-19(26)24-10-12-6-3-4-9-23-12)27(2)20(30)28(18(16)29)11-13-14(21)7-5-8-15(13)22/h3-9H,10-11H2,1-2H3,(H,24,25). The number of imidazole rings is 1. The largest absolute Gasteiger partial charge is 0.350 e. The van der Waals surface area contributed by atoms with Crippen LogP contribution in [0.3, 0.4) is 0 Å². The third-order valence-corrected chi connectivity index (χ3v) is 5.25. The summed E-state index contributed by atoms with van der Waals surface area (Å²) in [4.78, 5) is 34.6. The summed E-state index contributed by atoms with van der Waals surface area (Å²) < 4.78 is 18.0. The predicted molar refractivity (Wildman–Crippen MR) is 112 cm³/mol. The molecule has 0 saturated carbocycles. The van der Waals surface area contributed by atoms with Crippen molar-refractivity contribution in [2.24, 2.45) is 14.1 Å². The van der Waals surface area contributed by atoms with E-state index in [4.69, 9.17) is 11.6 Å². The lowest BCUT2D eigenvalue weighted by Crippen LogP contribution is -2.40. The van der Waals surface area contributed by atoms with Crippen LogP contribution >= 0.6 is 11.6 Å². The molecule has 3 aromatic heterocycles. The molecule has 1 N–H and O–H groups in total. The monoisotopic (exact) mass is 428 g/mol. The number of anilines is 1. The molecule has 1 aromatic carbocycles. The molecule has 0 aliphatic heterocycles. The number of nitrogens with zero attached hydrogens (tertiary/aromatic N) is 5. The number of benzene rings is 1. The molecular formula is C20H18ClFN6O2. The highest BCUT2D eigenvalue weighted by Gasteiger charge is 2.20. The van der Waals surface area contributed by atoms with Crippen molar-refractivity contribution in [3.8, 4) is 0 Å². The summed E-state index contributed by atoms with van der Waals surface area (Å²) >= 11 is 6.08. The molecule has 0 unspecified atom stereocenters. The molecule has 0 amide bonds. The van der Waals surface area contributed by atoms with Gasteiger partial charge in [-0.25, -0.2) is 9.18 Å². The zero-order chi connectivity index (χ0) is 21.4. The fourth-order valence-electron chi connectivity index (χ4n) is 3.25. The van der Waals surface area contributed by atoms with Gasteiger partial charge in [0, 0.05) is 30.9 Å². The molecule has 0 bridgehead atoms. The first kappa shape index (κ1) is 19.8. The number of hydrogen-bond donors (Lipinski definition) is 1. The third kappa shape index (κ3) is 3.37. The number of aromatic nitrogens is 5. The van der Waals surface area contributed by atoms with Crippen molar-refractivity contribution in [3.63, 3.8) is 0 Å². The van der Waals surface area contributed by atoms with Crippen LogP contribution in [0.5, 0.6) is 0 Å². The summed E-state index contributed by atoms with van der Waals surface area (Å²) in [6.45, 7) is 0.111. The molecule has 0 aliphatic carbocycles. The highest BCUT2D eigenvalue weighted by Crippen LogP contribution is 2.20. The smallest absolute Gasteiger partial charge is 0.332 e. The predicted octanol–water partition coefficient (Wildman–Crippen LogP) is 2.28. The van der Waals surface area contributed by atoms with Crippen molar-refractivity contribution >= 4 is 28.7 Å². The van der Waals surface area contributed by atoms with E-state index < -0.39 is 17.1 Å². The topological polar surface area (TPSA) is 86.7 Å². The van der Waals surface area contributed by atoms with Crippen LogP contribution < -0.4 is 16.6 Å². The summed E-state index contributed by atoms with van der Waals surface area (Å²) in [6, 6.07) is 9.76. The molecule has 0 aliphatic rings. The van der Waals surface area contributed by atoms with Gasteiger partial charge < -0.3 is 9.88 Å². The van der Waals surface area contributed by atoms with Gasteiger partial charge in [-0.1, -0.05) is 23.7 Å². The Morgan fingerprint density at radius 1 is 1.10 bits per heavy atom. The van der Waals surface area contributed by atoms with Gasteiger partial charge in [0.05, 0.1) is 18.8 Å². The Bertz CT molecular complexity index is 1340. The van der Waals surface area contributed by atoms with Crippen LogP contribution in [0, 0.1) is 5.82 Å². The molecule has 3 heterocycles. The average Bonchev–Trinajstić information content (AvgIpc) is 3.07. The van der Waals surface area contributed by atoms with Crippen molar-refractivity contribution < 1.29 is 4.39 Å². The molecule has 4 aromatic rings. The van der Waals surface area contributed by atoms with Gasteiger partial charge in [-0.2, -0.15) is 4.98 Å². The van der Waals surface area contributed by atoms with Gasteiger partial charge in [-0.15, -0.1) is 0 Å². The van der Waals surface area contributed by atoms with E-state index in [1.807, 2.05) is 18.2 Å². The zero-order valence-corrected chi connectivity index (χ0v) is 17.0. The van der Waals surface area contributed by atoms with Gasteiger partial charge in [0.2, 0.25) is 5.95 Å². The second kappa shape index (κ2) is 7.75. The Morgan fingerprint density at radius 2 is 1.90 bits per heavy atom. The fraction of sp³-hybridized carbons (Fsp3) is 0.200. The number of nitrogens with one attached hydrogen (secondary N) is 1.